The highest BCUT2D eigenvalue weighted by Crippen LogP contribution is 2.18. The van der Waals surface area contributed by atoms with Crippen LogP contribution in [0.1, 0.15) is 25.3 Å². The zero-order chi connectivity index (χ0) is 28.6. The predicted molar refractivity (Wildman–Crippen MR) is 130 cm³/mol. The Labute approximate surface area is 215 Å². The lowest BCUT2D eigenvalue weighted by molar-refractivity contribution is -0.148. The van der Waals surface area contributed by atoms with E-state index in [1.165, 1.54) is 0 Å². The number of carbonyl (C=O) groups excluding carboxylic acids is 3. The van der Waals surface area contributed by atoms with Gasteiger partial charge in [0.1, 0.15) is 18.1 Å². The van der Waals surface area contributed by atoms with Gasteiger partial charge >= 0.3 is 17.9 Å². The third kappa shape index (κ3) is 8.28. The molecule has 0 radical (unpaired) electrons. The number of carboxylic acid groups (broad SMARTS) is 3. The second-order valence-electron chi connectivity index (χ2n) is 8.55. The van der Waals surface area contributed by atoms with E-state index in [2.05, 4.69) is 15.6 Å². The van der Waals surface area contributed by atoms with Crippen LogP contribution in [0.4, 0.5) is 0 Å². The van der Waals surface area contributed by atoms with E-state index < -0.39 is 78.7 Å². The number of fused-ring (bicyclic) bond motifs is 1. The molecule has 0 aliphatic carbocycles. The van der Waals surface area contributed by atoms with E-state index in [1.807, 2.05) is 23.5 Å². The average molecular weight is 536 g/mol. The monoisotopic (exact) mass is 535 g/mol. The van der Waals surface area contributed by atoms with Gasteiger partial charge in [-0.1, -0.05) is 18.2 Å². The summed E-state index contributed by atoms with van der Waals surface area (Å²) in [7, 11) is 0. The van der Waals surface area contributed by atoms with Crippen molar-refractivity contribution in [2.24, 2.45) is 5.73 Å². The number of para-hydroxylation sites is 1. The lowest BCUT2D eigenvalue weighted by Gasteiger charge is -2.25. The maximum atomic E-state index is 12.8. The fourth-order valence-corrected chi connectivity index (χ4v) is 3.59. The second kappa shape index (κ2) is 13.2. The Kier molecular flexibility index (Phi) is 10.3. The summed E-state index contributed by atoms with van der Waals surface area (Å²) < 4.78 is 0. The standard InChI is InChI=1S/C23H29N5O10/c1-10(29)19(22(36)27-16(23(37)38)8-18(32)33)28-21(35)15(7-17(30)31)26-20(34)13(24)6-11-9-25-14-5-3-2-4-12(11)14/h2-5,9-10,13,15-16,19,25,29H,6-8,24H2,1H3,(H,26,34)(H,27,36)(H,28,35)(H,30,31)(H,32,33)(H,37,38). The van der Waals surface area contributed by atoms with Gasteiger partial charge in [0.15, 0.2) is 0 Å². The second-order valence-corrected chi connectivity index (χ2v) is 8.55. The number of nitrogens with one attached hydrogen (secondary N) is 4. The van der Waals surface area contributed by atoms with Gasteiger partial charge in [-0.3, -0.25) is 24.0 Å². The number of aliphatic hydroxyl groups excluding tert-OH is 1. The van der Waals surface area contributed by atoms with Gasteiger partial charge in [0, 0.05) is 17.1 Å². The fourth-order valence-electron chi connectivity index (χ4n) is 3.59. The molecule has 2 rings (SSSR count). The highest BCUT2D eigenvalue weighted by atomic mass is 16.4. The highest BCUT2D eigenvalue weighted by Gasteiger charge is 2.34. The van der Waals surface area contributed by atoms with Gasteiger partial charge in [-0.05, 0) is 25.0 Å². The van der Waals surface area contributed by atoms with E-state index in [0.717, 1.165) is 17.8 Å². The van der Waals surface area contributed by atoms with Crippen molar-refractivity contribution in [2.45, 2.75) is 56.5 Å². The maximum Gasteiger partial charge on any atom is 0.326 e. The van der Waals surface area contributed by atoms with Crippen molar-refractivity contribution >= 4 is 46.5 Å². The lowest BCUT2D eigenvalue weighted by atomic mass is 10.0. The van der Waals surface area contributed by atoms with Crippen LogP contribution in [0.3, 0.4) is 0 Å². The number of hydrogen-bond acceptors (Lipinski definition) is 8. The molecule has 10 N–H and O–H groups in total. The summed E-state index contributed by atoms with van der Waals surface area (Å²) in [6.07, 6.45) is -1.77. The largest absolute Gasteiger partial charge is 0.481 e. The quantitative estimate of drug-likeness (QED) is 0.127. The zero-order valence-corrected chi connectivity index (χ0v) is 20.2. The zero-order valence-electron chi connectivity index (χ0n) is 20.2. The van der Waals surface area contributed by atoms with Crippen molar-refractivity contribution in [1.29, 1.82) is 0 Å². The van der Waals surface area contributed by atoms with Crippen LogP contribution in [-0.2, 0) is 35.2 Å². The van der Waals surface area contributed by atoms with E-state index >= 15 is 0 Å². The molecule has 0 aliphatic rings. The molecule has 1 aromatic heterocycles. The predicted octanol–water partition coefficient (Wildman–Crippen LogP) is -2.09. The Morgan fingerprint density at radius 3 is 2.03 bits per heavy atom. The minimum absolute atomic E-state index is 0.0517. The number of carbonyl (C=O) groups is 6. The molecule has 3 amide bonds. The van der Waals surface area contributed by atoms with Crippen molar-refractivity contribution in [2.75, 3.05) is 0 Å². The molecule has 0 aliphatic heterocycles. The first-order chi connectivity index (χ1) is 17.8. The van der Waals surface area contributed by atoms with Crippen LogP contribution in [-0.4, -0.2) is 91.3 Å². The van der Waals surface area contributed by atoms with Crippen LogP contribution < -0.4 is 21.7 Å². The molecule has 0 fully saturated rings. The summed E-state index contributed by atoms with van der Waals surface area (Å²) in [5.41, 5.74) is 7.51. The number of H-pyrrole nitrogens is 1. The fraction of sp³-hybridized carbons (Fsp3) is 0.391. The number of hydrogen-bond donors (Lipinski definition) is 9. The molecule has 0 spiro atoms. The summed E-state index contributed by atoms with van der Waals surface area (Å²) >= 11 is 0. The number of nitrogens with two attached hydrogens (primary N) is 1. The van der Waals surface area contributed by atoms with Gasteiger partial charge in [0.2, 0.25) is 17.7 Å². The molecular weight excluding hydrogens is 506 g/mol. The van der Waals surface area contributed by atoms with Crippen LogP contribution in [0, 0.1) is 0 Å². The minimum Gasteiger partial charge on any atom is -0.481 e. The van der Waals surface area contributed by atoms with Crippen molar-refractivity contribution in [3.8, 4) is 0 Å². The Morgan fingerprint density at radius 2 is 1.45 bits per heavy atom. The highest BCUT2D eigenvalue weighted by molar-refractivity contribution is 5.96. The Hall–Kier alpha value is -4.50. The van der Waals surface area contributed by atoms with Crippen molar-refractivity contribution in [3.63, 3.8) is 0 Å². The average Bonchev–Trinajstić information content (AvgIpc) is 3.23. The van der Waals surface area contributed by atoms with Gasteiger partial charge in [0.25, 0.3) is 0 Å². The van der Waals surface area contributed by atoms with Crippen molar-refractivity contribution in [1.82, 2.24) is 20.9 Å². The summed E-state index contributed by atoms with van der Waals surface area (Å²) in [5.74, 6) is -7.94. The van der Waals surface area contributed by atoms with Crippen LogP contribution in [0.5, 0.6) is 0 Å². The molecule has 0 saturated heterocycles. The van der Waals surface area contributed by atoms with E-state index in [9.17, 15) is 39.0 Å². The molecule has 15 heteroatoms. The number of benzene rings is 1. The third-order valence-corrected chi connectivity index (χ3v) is 5.52. The topological polar surface area (TPSA) is 261 Å². The Morgan fingerprint density at radius 1 is 0.868 bits per heavy atom. The molecule has 206 valence electrons. The SMILES string of the molecule is CC(O)C(NC(=O)C(CC(=O)O)NC(=O)C(N)Cc1c[nH]c2ccccc12)C(=O)NC(CC(=O)O)C(=O)O. The van der Waals surface area contributed by atoms with Crippen LogP contribution >= 0.6 is 0 Å². The van der Waals surface area contributed by atoms with E-state index in [-0.39, 0.29) is 6.42 Å². The Bertz CT molecular complexity index is 1210. The summed E-state index contributed by atoms with van der Waals surface area (Å²) in [6.45, 7) is 1.08. The van der Waals surface area contributed by atoms with Crippen molar-refractivity contribution < 1.29 is 49.2 Å². The van der Waals surface area contributed by atoms with Gasteiger partial charge in [0.05, 0.1) is 25.0 Å². The van der Waals surface area contributed by atoms with Crippen LogP contribution in [0.25, 0.3) is 10.9 Å². The number of amides is 3. The summed E-state index contributed by atoms with van der Waals surface area (Å²) in [5, 5.41) is 44.1. The first-order valence-corrected chi connectivity index (χ1v) is 11.4. The molecule has 15 nitrogen and oxygen atoms in total. The molecule has 38 heavy (non-hydrogen) atoms. The molecule has 1 aromatic carbocycles. The minimum atomic E-state index is -1.87. The normalized spacial score (nSPS) is 14.9. The summed E-state index contributed by atoms with van der Waals surface area (Å²) in [6, 6.07) is 0.707. The number of aromatic nitrogens is 1. The van der Waals surface area contributed by atoms with E-state index in [0.29, 0.717) is 5.56 Å². The molecular formula is C23H29N5O10. The number of aromatic amines is 1. The third-order valence-electron chi connectivity index (χ3n) is 5.52. The number of aliphatic hydroxyl groups is 1. The van der Waals surface area contributed by atoms with Gasteiger partial charge in [-0.15, -0.1) is 0 Å². The number of aliphatic carboxylic acids is 3. The molecule has 5 atom stereocenters. The number of carboxylic acids is 3. The molecule has 5 unspecified atom stereocenters. The molecule has 0 saturated carbocycles. The Balaban J connectivity index is 2.12. The van der Waals surface area contributed by atoms with E-state index in [1.54, 1.807) is 12.3 Å². The lowest BCUT2D eigenvalue weighted by Crippen LogP contribution is -2.60. The van der Waals surface area contributed by atoms with Gasteiger partial charge < -0.3 is 47.1 Å². The maximum absolute atomic E-state index is 12.8. The van der Waals surface area contributed by atoms with Crippen LogP contribution in [0.2, 0.25) is 0 Å². The smallest absolute Gasteiger partial charge is 0.326 e. The number of rotatable bonds is 14. The first kappa shape index (κ1) is 29.7. The van der Waals surface area contributed by atoms with Crippen molar-refractivity contribution in [3.05, 3.63) is 36.0 Å². The molecule has 2 aromatic rings. The van der Waals surface area contributed by atoms with Gasteiger partial charge in [-0.25, -0.2) is 4.79 Å². The van der Waals surface area contributed by atoms with E-state index in [4.69, 9.17) is 15.9 Å². The van der Waals surface area contributed by atoms with Gasteiger partial charge in [-0.2, -0.15) is 0 Å². The molecule has 1 heterocycles. The van der Waals surface area contributed by atoms with Crippen LogP contribution in [0.15, 0.2) is 30.5 Å². The first-order valence-electron chi connectivity index (χ1n) is 11.4. The summed E-state index contributed by atoms with van der Waals surface area (Å²) in [4.78, 5) is 74.5. The molecule has 0 bridgehead atoms.